The van der Waals surface area contributed by atoms with Crippen molar-refractivity contribution in [2.45, 2.75) is 30.6 Å². The smallest absolute Gasteiger partial charge is 0.320 e. The molecule has 2 aliphatic rings. The number of fused-ring (bicyclic) bond motifs is 6. The molecule has 0 aromatic heterocycles. The van der Waals surface area contributed by atoms with Crippen molar-refractivity contribution in [3.05, 3.63) is 127 Å². The summed E-state index contributed by atoms with van der Waals surface area (Å²) in [6.45, 7) is 2.04. The third kappa shape index (κ3) is 3.34. The average Bonchev–Trinajstić information content (AvgIpc) is 3.38. The summed E-state index contributed by atoms with van der Waals surface area (Å²) in [5.41, 5.74) is 4.60. The van der Waals surface area contributed by atoms with Crippen LogP contribution in [0, 0.1) is 20.2 Å². The first kappa shape index (κ1) is 24.5. The molecule has 8 nitrogen and oxygen atoms in total. The lowest BCUT2D eigenvalue weighted by Crippen LogP contribution is -2.38. The highest BCUT2D eigenvalue weighted by molar-refractivity contribution is 5.98. The van der Waals surface area contributed by atoms with E-state index in [2.05, 4.69) is 0 Å². The number of nitro groups is 2. The first-order valence-corrected chi connectivity index (χ1v) is 12.6. The fourth-order valence-corrected chi connectivity index (χ4v) is 6.62. The topological polar surface area (TPSA) is 113 Å². The Morgan fingerprint density at radius 2 is 1.18 bits per heavy atom. The third-order valence-corrected chi connectivity index (χ3v) is 8.50. The average molecular weight is 521 g/mol. The van der Waals surface area contributed by atoms with Gasteiger partial charge in [-0.15, -0.1) is 0 Å². The maximum Gasteiger partial charge on any atom is 0.320 e. The second kappa shape index (κ2) is 8.59. The number of benzene rings is 4. The highest BCUT2D eigenvalue weighted by Gasteiger charge is 2.52. The fourth-order valence-electron chi connectivity index (χ4n) is 6.62. The van der Waals surface area contributed by atoms with E-state index in [1.54, 1.807) is 18.2 Å². The van der Waals surface area contributed by atoms with Crippen LogP contribution >= 0.6 is 0 Å². The Balaban J connectivity index is 1.55. The van der Waals surface area contributed by atoms with Gasteiger partial charge in [0, 0.05) is 29.7 Å². The number of methoxy groups -OCH3 is 1. The van der Waals surface area contributed by atoms with Crippen molar-refractivity contribution in [1.29, 1.82) is 0 Å². The third-order valence-electron chi connectivity index (χ3n) is 8.50. The Hall–Kier alpha value is -4.85. The van der Waals surface area contributed by atoms with Gasteiger partial charge in [-0.05, 0) is 69.5 Å². The van der Waals surface area contributed by atoms with Crippen molar-refractivity contribution in [2.75, 3.05) is 7.11 Å². The summed E-state index contributed by atoms with van der Waals surface area (Å²) in [7, 11) is 1.33. The van der Waals surface area contributed by atoms with E-state index in [9.17, 15) is 25.0 Å². The lowest BCUT2D eigenvalue weighted by molar-refractivity contribution is -0.385. The van der Waals surface area contributed by atoms with Gasteiger partial charge in [0.15, 0.2) is 0 Å². The number of ether oxygens (including phenoxy) is 1. The van der Waals surface area contributed by atoms with Gasteiger partial charge in [-0.1, -0.05) is 55.5 Å². The molecule has 0 heterocycles. The number of carbonyl (C=O) groups excluding carboxylic acids is 1. The quantitative estimate of drug-likeness (QED) is 0.159. The fraction of sp³-hybridized carbons (Fsp3) is 0.194. The van der Waals surface area contributed by atoms with Crippen LogP contribution in [0.5, 0.6) is 0 Å². The highest BCUT2D eigenvalue weighted by Crippen LogP contribution is 2.57. The van der Waals surface area contributed by atoms with Gasteiger partial charge < -0.3 is 4.74 Å². The van der Waals surface area contributed by atoms with E-state index in [1.807, 2.05) is 55.5 Å². The molecule has 2 unspecified atom stereocenters. The minimum atomic E-state index is -1.28. The molecule has 0 fully saturated rings. The molecule has 0 aliphatic heterocycles. The van der Waals surface area contributed by atoms with E-state index >= 15 is 0 Å². The lowest BCUT2D eigenvalue weighted by atomic mass is 9.68. The molecule has 0 bridgehead atoms. The molecular formula is C31H24N2O6. The zero-order valence-corrected chi connectivity index (χ0v) is 21.3. The van der Waals surface area contributed by atoms with Crippen LogP contribution in [0.15, 0.2) is 84.9 Å². The SMILES string of the molecule is COC(=O)C1(CCC2(C)c3ccccc3-c3ccc([N+](=O)[O-])cc32)c2ccccc2-c2ccc([N+](=O)[O-])cc21. The summed E-state index contributed by atoms with van der Waals surface area (Å²) in [5, 5.41) is 23.4. The zero-order chi connectivity index (χ0) is 27.5. The molecule has 4 aromatic carbocycles. The van der Waals surface area contributed by atoms with E-state index in [1.165, 1.54) is 25.3 Å². The van der Waals surface area contributed by atoms with Gasteiger partial charge in [0.05, 0.1) is 17.0 Å². The van der Waals surface area contributed by atoms with Crippen molar-refractivity contribution in [3.8, 4) is 22.3 Å². The predicted octanol–water partition coefficient (Wildman–Crippen LogP) is 6.71. The van der Waals surface area contributed by atoms with Gasteiger partial charge in [-0.2, -0.15) is 0 Å². The molecule has 0 spiro atoms. The Kier molecular flexibility index (Phi) is 5.39. The molecule has 39 heavy (non-hydrogen) atoms. The first-order valence-electron chi connectivity index (χ1n) is 12.6. The molecule has 2 atom stereocenters. The molecule has 0 saturated carbocycles. The van der Waals surface area contributed by atoms with Gasteiger partial charge >= 0.3 is 5.97 Å². The van der Waals surface area contributed by atoms with Gasteiger partial charge in [0.25, 0.3) is 11.4 Å². The number of rotatable bonds is 6. The summed E-state index contributed by atoms with van der Waals surface area (Å²) in [6.07, 6.45) is 0.710. The Bertz CT molecular complexity index is 1710. The van der Waals surface area contributed by atoms with Crippen molar-refractivity contribution >= 4 is 17.3 Å². The molecule has 0 N–H and O–H groups in total. The van der Waals surface area contributed by atoms with E-state index in [0.29, 0.717) is 12.0 Å². The molecule has 0 radical (unpaired) electrons. The first-order chi connectivity index (χ1) is 18.7. The van der Waals surface area contributed by atoms with Gasteiger partial charge in [0.2, 0.25) is 0 Å². The van der Waals surface area contributed by atoms with Crippen LogP contribution in [0.2, 0.25) is 0 Å². The molecule has 2 aliphatic carbocycles. The number of hydrogen-bond acceptors (Lipinski definition) is 6. The van der Waals surface area contributed by atoms with Crippen molar-refractivity contribution in [1.82, 2.24) is 0 Å². The van der Waals surface area contributed by atoms with Gasteiger partial charge in [-0.3, -0.25) is 25.0 Å². The van der Waals surface area contributed by atoms with Gasteiger partial charge in [0.1, 0.15) is 5.41 Å². The summed E-state index contributed by atoms with van der Waals surface area (Å²) in [6, 6.07) is 25.0. The van der Waals surface area contributed by atoms with Crippen LogP contribution in [0.4, 0.5) is 11.4 Å². The minimum absolute atomic E-state index is 0.00245. The number of carbonyl (C=O) groups is 1. The van der Waals surface area contributed by atoms with E-state index < -0.39 is 26.6 Å². The predicted molar refractivity (Wildman–Crippen MR) is 146 cm³/mol. The summed E-state index contributed by atoms with van der Waals surface area (Å²) in [4.78, 5) is 36.4. The maximum absolute atomic E-state index is 13.8. The minimum Gasteiger partial charge on any atom is -0.468 e. The normalized spacial score (nSPS) is 19.9. The van der Waals surface area contributed by atoms with Crippen LogP contribution in [0.1, 0.15) is 42.0 Å². The molecule has 8 heteroatoms. The number of non-ortho nitro benzene ring substituents is 2. The summed E-state index contributed by atoms with van der Waals surface area (Å²) < 4.78 is 5.39. The van der Waals surface area contributed by atoms with Crippen LogP contribution in [-0.4, -0.2) is 22.9 Å². The molecule has 6 rings (SSSR count). The van der Waals surface area contributed by atoms with Crippen molar-refractivity contribution in [3.63, 3.8) is 0 Å². The second-order valence-corrected chi connectivity index (χ2v) is 10.3. The Labute approximate surface area is 224 Å². The summed E-state index contributed by atoms with van der Waals surface area (Å²) >= 11 is 0. The number of hydrogen-bond donors (Lipinski definition) is 0. The number of nitrogens with zero attached hydrogens (tertiary/aromatic N) is 2. The summed E-state index contributed by atoms with van der Waals surface area (Å²) in [5.74, 6) is -0.497. The van der Waals surface area contributed by atoms with Crippen molar-refractivity contribution in [2.24, 2.45) is 0 Å². The second-order valence-electron chi connectivity index (χ2n) is 10.3. The Morgan fingerprint density at radius 3 is 1.77 bits per heavy atom. The van der Waals surface area contributed by atoms with Crippen LogP contribution in [0.3, 0.4) is 0 Å². The molecular weight excluding hydrogens is 496 g/mol. The highest BCUT2D eigenvalue weighted by atomic mass is 16.6. The van der Waals surface area contributed by atoms with E-state index in [-0.39, 0.29) is 17.8 Å². The van der Waals surface area contributed by atoms with Crippen LogP contribution in [0.25, 0.3) is 22.3 Å². The van der Waals surface area contributed by atoms with Crippen LogP contribution in [-0.2, 0) is 20.4 Å². The zero-order valence-electron chi connectivity index (χ0n) is 21.3. The van der Waals surface area contributed by atoms with E-state index in [4.69, 9.17) is 4.74 Å². The molecule has 0 saturated heterocycles. The molecule has 194 valence electrons. The van der Waals surface area contributed by atoms with E-state index in [0.717, 1.165) is 38.9 Å². The molecule has 0 amide bonds. The Morgan fingerprint density at radius 1 is 0.692 bits per heavy atom. The van der Waals surface area contributed by atoms with Gasteiger partial charge in [-0.25, -0.2) is 0 Å². The largest absolute Gasteiger partial charge is 0.468 e. The molecule has 4 aromatic rings. The monoisotopic (exact) mass is 520 g/mol. The lowest BCUT2D eigenvalue weighted by Gasteiger charge is -2.34. The van der Waals surface area contributed by atoms with Crippen LogP contribution < -0.4 is 0 Å². The van der Waals surface area contributed by atoms with Crippen molar-refractivity contribution < 1.29 is 19.4 Å². The standard InChI is InChI=1S/C31H24N2O6/c1-30(25-9-5-3-7-21(25)23-13-11-19(32(35)36)17-27(23)30)15-16-31(29(34)39-2)26-10-6-4-8-22(26)24-14-12-20(33(37)38)18-28(24)31/h3-14,17-18H,15-16H2,1-2H3. The maximum atomic E-state index is 13.8. The number of nitro benzene ring substituents is 2. The number of esters is 1.